The predicted octanol–water partition coefficient (Wildman–Crippen LogP) is -0.629. The molecule has 32 heavy (non-hydrogen) atoms. The summed E-state index contributed by atoms with van der Waals surface area (Å²) in [6.07, 6.45) is -3.78. The number of carboxylic acid groups (broad SMARTS) is 1. The van der Waals surface area contributed by atoms with Crippen molar-refractivity contribution in [2.75, 3.05) is 33.0 Å². The molecule has 1 saturated heterocycles. The fraction of sp³-hybridized carbons (Fsp3) is 0.762. The van der Waals surface area contributed by atoms with Crippen molar-refractivity contribution in [3.05, 3.63) is 11.1 Å². The quantitative estimate of drug-likeness (QED) is 0.166. The minimum Gasteiger partial charge on any atom is -0.478 e. The molecule has 0 aromatic rings. The number of aliphatic hydroxyl groups is 3. The normalized spacial score (nSPS) is 24.2. The maximum Gasteiger partial charge on any atom is 0.331 e. The number of nitrogens with one attached hydrogen (secondary N) is 1. The van der Waals surface area contributed by atoms with E-state index in [4.69, 9.17) is 24.4 Å². The molecule has 5 N–H and O–H groups in total. The van der Waals surface area contributed by atoms with E-state index in [9.17, 15) is 24.6 Å². The van der Waals surface area contributed by atoms with Crippen LogP contribution < -0.4 is 5.32 Å². The van der Waals surface area contributed by atoms with Gasteiger partial charge in [0.25, 0.3) is 0 Å². The minimum absolute atomic E-state index is 0.0132. The summed E-state index contributed by atoms with van der Waals surface area (Å²) in [5, 5.41) is 40.3. The number of ether oxygens (including phenoxy) is 3. The lowest BCUT2D eigenvalue weighted by molar-refractivity contribution is -0.258. The first-order chi connectivity index (χ1) is 15.1. The fourth-order valence-corrected chi connectivity index (χ4v) is 3.08. The van der Waals surface area contributed by atoms with Gasteiger partial charge in [-0.2, -0.15) is 0 Å². The Hall–Kier alpha value is -1.89. The average Bonchev–Trinajstić information content (AvgIpc) is 2.74. The maximum absolute atomic E-state index is 12.2. The monoisotopic (exact) mass is 461 g/mol. The second kappa shape index (κ2) is 14.3. The Bertz CT molecular complexity index is 663. The van der Waals surface area contributed by atoms with E-state index in [0.717, 1.165) is 0 Å². The smallest absolute Gasteiger partial charge is 0.331 e. The summed E-state index contributed by atoms with van der Waals surface area (Å²) in [7, 11) is 0. The fourth-order valence-electron chi connectivity index (χ4n) is 3.08. The highest BCUT2D eigenvalue weighted by Crippen LogP contribution is 2.21. The van der Waals surface area contributed by atoms with Crippen LogP contribution in [0.5, 0.6) is 0 Å². The lowest BCUT2D eigenvalue weighted by Crippen LogP contribution is -2.50. The highest BCUT2D eigenvalue weighted by molar-refractivity contribution is 6.04. The molecule has 1 heterocycles. The van der Waals surface area contributed by atoms with Crippen molar-refractivity contribution in [1.82, 2.24) is 5.32 Å². The molecular formula is C21H35NO10. The highest BCUT2D eigenvalue weighted by Gasteiger charge is 2.36. The van der Waals surface area contributed by atoms with Crippen LogP contribution in [0.3, 0.4) is 0 Å². The van der Waals surface area contributed by atoms with E-state index in [1.165, 1.54) is 6.92 Å². The van der Waals surface area contributed by atoms with Gasteiger partial charge in [-0.05, 0) is 13.3 Å². The first kappa shape index (κ1) is 28.1. The van der Waals surface area contributed by atoms with Crippen LogP contribution in [0, 0.1) is 5.92 Å². The van der Waals surface area contributed by atoms with Gasteiger partial charge in [-0.3, -0.25) is 9.59 Å². The molecule has 0 saturated carbocycles. The predicted molar refractivity (Wildman–Crippen MR) is 112 cm³/mol. The Morgan fingerprint density at radius 2 is 1.81 bits per heavy atom. The van der Waals surface area contributed by atoms with E-state index >= 15 is 0 Å². The van der Waals surface area contributed by atoms with Crippen molar-refractivity contribution >= 4 is 17.7 Å². The molecule has 1 amide bonds. The molecule has 0 aliphatic carbocycles. The Morgan fingerprint density at radius 3 is 2.41 bits per heavy atom. The second-order valence-corrected chi connectivity index (χ2v) is 7.84. The summed E-state index contributed by atoms with van der Waals surface area (Å²) in [5.74, 6) is -2.15. The van der Waals surface area contributed by atoms with Gasteiger partial charge in [-0.1, -0.05) is 13.8 Å². The van der Waals surface area contributed by atoms with Gasteiger partial charge in [-0.25, -0.2) is 4.79 Å². The molecule has 4 atom stereocenters. The van der Waals surface area contributed by atoms with Crippen LogP contribution in [-0.4, -0.2) is 95.7 Å². The third-order valence-electron chi connectivity index (χ3n) is 5.01. The molecule has 184 valence electrons. The Balaban J connectivity index is 2.24. The topological polar surface area (TPSA) is 172 Å². The SMILES string of the molecule is C/C(C(=O)O)=C(\CCC(=O)NCCOCCO[C@@H]1C[C@H](O)[C@H](O)[C@H](CO)O1)C(=O)C(C)C. The number of aliphatic carboxylic acids is 1. The van der Waals surface area contributed by atoms with Crippen LogP contribution >= 0.6 is 0 Å². The minimum atomic E-state index is -1.18. The summed E-state index contributed by atoms with van der Waals surface area (Å²) in [6.45, 7) is 5.06. The zero-order valence-corrected chi connectivity index (χ0v) is 18.8. The number of rotatable bonds is 14. The lowest BCUT2D eigenvalue weighted by atomic mass is 9.93. The first-order valence-corrected chi connectivity index (χ1v) is 10.6. The number of amides is 1. The van der Waals surface area contributed by atoms with E-state index in [-0.39, 0.29) is 74.4 Å². The summed E-state index contributed by atoms with van der Waals surface area (Å²) in [5.41, 5.74) is 0.108. The summed E-state index contributed by atoms with van der Waals surface area (Å²) >= 11 is 0. The molecule has 0 radical (unpaired) electrons. The number of ketones is 1. The third-order valence-corrected chi connectivity index (χ3v) is 5.01. The Labute approximate surface area is 187 Å². The van der Waals surface area contributed by atoms with E-state index < -0.39 is 37.2 Å². The molecule has 11 nitrogen and oxygen atoms in total. The Kier molecular flexibility index (Phi) is 12.6. The molecule has 0 unspecified atom stereocenters. The standard InChI is InChI=1S/C21H35NO10/c1-12(2)19(26)14(13(3)21(28)29)4-5-17(25)22-6-7-30-8-9-31-18-10-15(24)20(27)16(11-23)32-18/h12,15-16,18,20,23-24,27H,4-11H2,1-3H3,(H,22,25)(H,28,29)/b14-13-/t15-,16-,18-,20-/m0/s1. The van der Waals surface area contributed by atoms with Crippen LogP contribution in [-0.2, 0) is 28.6 Å². The number of aliphatic hydroxyl groups excluding tert-OH is 3. The average molecular weight is 462 g/mol. The third kappa shape index (κ3) is 9.31. The molecule has 1 rings (SSSR count). The van der Waals surface area contributed by atoms with E-state index in [1.807, 2.05) is 0 Å². The summed E-state index contributed by atoms with van der Waals surface area (Å²) in [6, 6.07) is 0. The molecular weight excluding hydrogens is 426 g/mol. The largest absolute Gasteiger partial charge is 0.478 e. The molecule has 1 aliphatic rings. The van der Waals surface area contributed by atoms with Crippen LogP contribution in [0.4, 0.5) is 0 Å². The van der Waals surface area contributed by atoms with E-state index in [2.05, 4.69) is 5.32 Å². The van der Waals surface area contributed by atoms with Crippen molar-refractivity contribution in [1.29, 1.82) is 0 Å². The molecule has 0 aromatic carbocycles. The molecule has 0 bridgehead atoms. The number of carbonyl (C=O) groups is 3. The molecule has 0 spiro atoms. The van der Waals surface area contributed by atoms with Gasteiger partial charge in [0.1, 0.15) is 12.2 Å². The molecule has 11 heteroatoms. The van der Waals surface area contributed by atoms with Crippen LogP contribution in [0.1, 0.15) is 40.0 Å². The van der Waals surface area contributed by atoms with Gasteiger partial charge < -0.3 is 40.0 Å². The second-order valence-electron chi connectivity index (χ2n) is 7.84. The highest BCUT2D eigenvalue weighted by atomic mass is 16.7. The summed E-state index contributed by atoms with van der Waals surface area (Å²) < 4.78 is 16.1. The number of carboxylic acids is 1. The Morgan fingerprint density at radius 1 is 1.12 bits per heavy atom. The van der Waals surface area contributed by atoms with Crippen LogP contribution in [0.2, 0.25) is 0 Å². The van der Waals surface area contributed by atoms with Gasteiger partial charge in [0.15, 0.2) is 12.1 Å². The van der Waals surface area contributed by atoms with Crippen molar-refractivity contribution in [2.24, 2.45) is 5.92 Å². The van der Waals surface area contributed by atoms with Crippen molar-refractivity contribution in [2.45, 2.75) is 64.6 Å². The molecule has 1 fully saturated rings. The zero-order chi connectivity index (χ0) is 24.3. The molecule has 1 aliphatic heterocycles. The first-order valence-electron chi connectivity index (χ1n) is 10.6. The van der Waals surface area contributed by atoms with Gasteiger partial charge in [0, 0.05) is 36.5 Å². The lowest BCUT2D eigenvalue weighted by Gasteiger charge is -2.35. The van der Waals surface area contributed by atoms with Gasteiger partial charge >= 0.3 is 5.97 Å². The number of allylic oxidation sites excluding steroid dienone is 1. The van der Waals surface area contributed by atoms with Gasteiger partial charge in [-0.15, -0.1) is 0 Å². The van der Waals surface area contributed by atoms with Gasteiger partial charge in [0.05, 0.1) is 32.5 Å². The van der Waals surface area contributed by atoms with Crippen molar-refractivity contribution in [3.8, 4) is 0 Å². The number of hydrogen-bond acceptors (Lipinski definition) is 9. The maximum atomic E-state index is 12.2. The van der Waals surface area contributed by atoms with Crippen LogP contribution in [0.15, 0.2) is 11.1 Å². The number of hydrogen-bond donors (Lipinski definition) is 5. The summed E-state index contributed by atoms with van der Waals surface area (Å²) in [4.78, 5) is 35.4. The molecule has 0 aromatic heterocycles. The number of carbonyl (C=O) groups excluding carboxylic acids is 2. The van der Waals surface area contributed by atoms with E-state index in [1.54, 1.807) is 13.8 Å². The van der Waals surface area contributed by atoms with Crippen molar-refractivity contribution in [3.63, 3.8) is 0 Å². The van der Waals surface area contributed by atoms with Gasteiger partial charge in [0.2, 0.25) is 5.91 Å². The number of Topliss-reactive ketones (excluding diaryl/α,β-unsaturated/α-hetero) is 1. The zero-order valence-electron chi connectivity index (χ0n) is 18.8. The van der Waals surface area contributed by atoms with E-state index in [0.29, 0.717) is 0 Å². The van der Waals surface area contributed by atoms with Crippen LogP contribution in [0.25, 0.3) is 0 Å². The van der Waals surface area contributed by atoms with Crippen molar-refractivity contribution < 1.29 is 49.0 Å².